The lowest BCUT2D eigenvalue weighted by atomic mass is 10.1. The molecule has 3 rings (SSSR count). The Labute approximate surface area is 145 Å². The van der Waals surface area contributed by atoms with E-state index in [-0.39, 0.29) is 11.9 Å². The number of hydrogen-bond donors (Lipinski definition) is 1. The van der Waals surface area contributed by atoms with Gasteiger partial charge in [0.05, 0.1) is 6.42 Å². The zero-order valence-electron chi connectivity index (χ0n) is 13.0. The van der Waals surface area contributed by atoms with Crippen LogP contribution in [0.3, 0.4) is 0 Å². The molecule has 1 aliphatic rings. The molecule has 0 bridgehead atoms. The molecule has 0 saturated carbocycles. The van der Waals surface area contributed by atoms with Crippen molar-refractivity contribution in [2.75, 3.05) is 13.1 Å². The third kappa shape index (κ3) is 4.91. The molecule has 0 spiro atoms. The molecule has 1 atom stereocenters. The second-order valence-electron chi connectivity index (χ2n) is 6.08. The van der Waals surface area contributed by atoms with E-state index >= 15 is 0 Å². The van der Waals surface area contributed by atoms with Crippen LogP contribution in [0.4, 0.5) is 0 Å². The molecule has 0 radical (unpaired) electrons. The van der Waals surface area contributed by atoms with Crippen LogP contribution in [-0.2, 0) is 17.8 Å². The summed E-state index contributed by atoms with van der Waals surface area (Å²) in [7, 11) is 0. The summed E-state index contributed by atoms with van der Waals surface area (Å²) in [5.74, 6) is 0.110. The molecule has 120 valence electrons. The van der Waals surface area contributed by atoms with Crippen molar-refractivity contribution >= 4 is 21.8 Å². The first kappa shape index (κ1) is 16.2. The fourth-order valence-corrected chi connectivity index (χ4v) is 3.27. The average Bonchev–Trinajstić information content (AvgIpc) is 2.97. The Hall–Kier alpha value is -1.65. The van der Waals surface area contributed by atoms with Gasteiger partial charge in [0.1, 0.15) is 0 Å². The van der Waals surface area contributed by atoms with Crippen molar-refractivity contribution < 1.29 is 4.79 Å². The number of rotatable bonds is 5. The van der Waals surface area contributed by atoms with Crippen LogP contribution in [0.15, 0.2) is 59.1 Å². The normalized spacial score (nSPS) is 18.0. The Kier molecular flexibility index (Phi) is 5.47. The van der Waals surface area contributed by atoms with E-state index in [2.05, 4.69) is 50.4 Å². The van der Waals surface area contributed by atoms with Crippen molar-refractivity contribution in [1.82, 2.24) is 10.2 Å². The fraction of sp³-hybridized carbons (Fsp3) is 0.316. The summed E-state index contributed by atoms with van der Waals surface area (Å²) in [5, 5.41) is 3.17. The van der Waals surface area contributed by atoms with E-state index < -0.39 is 0 Å². The van der Waals surface area contributed by atoms with Crippen molar-refractivity contribution in [3.8, 4) is 0 Å². The molecule has 3 nitrogen and oxygen atoms in total. The summed E-state index contributed by atoms with van der Waals surface area (Å²) in [4.78, 5) is 14.6. The van der Waals surface area contributed by atoms with E-state index in [0.717, 1.165) is 36.1 Å². The molecular formula is C19H21BrN2O. The first-order valence-electron chi connectivity index (χ1n) is 7.99. The molecule has 2 aromatic rings. The van der Waals surface area contributed by atoms with Gasteiger partial charge in [0.2, 0.25) is 5.91 Å². The van der Waals surface area contributed by atoms with Crippen LogP contribution in [0.2, 0.25) is 0 Å². The quantitative estimate of drug-likeness (QED) is 0.872. The Morgan fingerprint density at radius 1 is 1.09 bits per heavy atom. The number of hydrogen-bond acceptors (Lipinski definition) is 2. The van der Waals surface area contributed by atoms with Crippen molar-refractivity contribution in [2.24, 2.45) is 0 Å². The van der Waals surface area contributed by atoms with E-state index in [4.69, 9.17) is 0 Å². The molecule has 1 N–H and O–H groups in total. The van der Waals surface area contributed by atoms with Crippen LogP contribution < -0.4 is 5.32 Å². The van der Waals surface area contributed by atoms with Crippen molar-refractivity contribution in [3.63, 3.8) is 0 Å². The van der Waals surface area contributed by atoms with Crippen LogP contribution >= 0.6 is 15.9 Å². The van der Waals surface area contributed by atoms with Gasteiger partial charge in [-0.15, -0.1) is 0 Å². The van der Waals surface area contributed by atoms with Crippen molar-refractivity contribution in [3.05, 3.63) is 70.2 Å². The second-order valence-corrected chi connectivity index (χ2v) is 6.99. The molecule has 1 heterocycles. The molecule has 0 unspecified atom stereocenters. The van der Waals surface area contributed by atoms with Gasteiger partial charge in [0.15, 0.2) is 0 Å². The zero-order chi connectivity index (χ0) is 16.1. The van der Waals surface area contributed by atoms with Crippen LogP contribution in [0.25, 0.3) is 0 Å². The largest absolute Gasteiger partial charge is 0.352 e. The van der Waals surface area contributed by atoms with Crippen LogP contribution in [0, 0.1) is 0 Å². The monoisotopic (exact) mass is 372 g/mol. The number of halogens is 1. The summed E-state index contributed by atoms with van der Waals surface area (Å²) in [6, 6.07) is 18.7. The number of amides is 1. The standard InChI is InChI=1S/C19H21BrN2O/c20-17-8-6-15(7-9-17)12-19(23)21-18-10-11-22(14-18)13-16-4-2-1-3-5-16/h1-9,18H,10-14H2,(H,21,23)/t18-/m0/s1. The minimum absolute atomic E-state index is 0.110. The van der Waals surface area contributed by atoms with Crippen molar-refractivity contribution in [2.45, 2.75) is 25.4 Å². The molecule has 0 aliphatic carbocycles. The lowest BCUT2D eigenvalue weighted by molar-refractivity contribution is -0.121. The van der Waals surface area contributed by atoms with Gasteiger partial charge >= 0.3 is 0 Å². The number of nitrogens with zero attached hydrogens (tertiary/aromatic N) is 1. The highest BCUT2D eigenvalue weighted by atomic mass is 79.9. The predicted octanol–water partition coefficient (Wildman–Crippen LogP) is 3.38. The van der Waals surface area contributed by atoms with Crippen LogP contribution in [0.5, 0.6) is 0 Å². The second kappa shape index (κ2) is 7.75. The Morgan fingerprint density at radius 2 is 1.83 bits per heavy atom. The van der Waals surface area contributed by atoms with Crippen LogP contribution in [0.1, 0.15) is 17.5 Å². The summed E-state index contributed by atoms with van der Waals surface area (Å²) in [5.41, 5.74) is 2.37. The van der Waals surface area contributed by atoms with E-state index in [0.29, 0.717) is 6.42 Å². The summed E-state index contributed by atoms with van der Waals surface area (Å²) in [6.45, 7) is 2.93. The third-order valence-electron chi connectivity index (χ3n) is 4.16. The smallest absolute Gasteiger partial charge is 0.224 e. The molecule has 1 amide bonds. The maximum atomic E-state index is 12.2. The summed E-state index contributed by atoms with van der Waals surface area (Å²) >= 11 is 3.41. The van der Waals surface area contributed by atoms with Gasteiger partial charge in [-0.2, -0.15) is 0 Å². The van der Waals surface area contributed by atoms with E-state index in [9.17, 15) is 4.79 Å². The minimum Gasteiger partial charge on any atom is -0.352 e. The van der Waals surface area contributed by atoms with Gasteiger partial charge in [-0.25, -0.2) is 0 Å². The first-order chi connectivity index (χ1) is 11.2. The number of carbonyl (C=O) groups is 1. The Balaban J connectivity index is 1.46. The number of benzene rings is 2. The molecule has 2 aromatic carbocycles. The molecule has 1 fully saturated rings. The maximum Gasteiger partial charge on any atom is 0.224 e. The lowest BCUT2D eigenvalue weighted by Gasteiger charge is -2.17. The SMILES string of the molecule is O=C(Cc1ccc(Br)cc1)N[C@H]1CCN(Cc2ccccc2)C1. The van der Waals surface area contributed by atoms with E-state index in [1.54, 1.807) is 0 Å². The highest BCUT2D eigenvalue weighted by molar-refractivity contribution is 9.10. The van der Waals surface area contributed by atoms with Crippen LogP contribution in [-0.4, -0.2) is 29.9 Å². The average molecular weight is 373 g/mol. The number of nitrogens with one attached hydrogen (secondary N) is 1. The molecular weight excluding hydrogens is 352 g/mol. The van der Waals surface area contributed by atoms with Gasteiger partial charge in [0, 0.05) is 30.1 Å². The maximum absolute atomic E-state index is 12.2. The van der Waals surface area contributed by atoms with E-state index in [1.807, 2.05) is 30.3 Å². The molecule has 23 heavy (non-hydrogen) atoms. The van der Waals surface area contributed by atoms with Gasteiger partial charge in [-0.05, 0) is 29.7 Å². The predicted molar refractivity (Wildman–Crippen MR) is 96.1 cm³/mol. The lowest BCUT2D eigenvalue weighted by Crippen LogP contribution is -2.37. The molecule has 1 saturated heterocycles. The van der Waals surface area contributed by atoms with E-state index in [1.165, 1.54) is 5.56 Å². The topological polar surface area (TPSA) is 32.3 Å². The number of carbonyl (C=O) groups excluding carboxylic acids is 1. The molecule has 1 aliphatic heterocycles. The van der Waals surface area contributed by atoms with Crippen molar-refractivity contribution in [1.29, 1.82) is 0 Å². The van der Waals surface area contributed by atoms with Gasteiger partial charge in [-0.1, -0.05) is 58.4 Å². The zero-order valence-corrected chi connectivity index (χ0v) is 14.6. The third-order valence-corrected chi connectivity index (χ3v) is 4.69. The van der Waals surface area contributed by atoms with Gasteiger partial charge in [0.25, 0.3) is 0 Å². The molecule has 4 heteroatoms. The van der Waals surface area contributed by atoms with Gasteiger partial charge in [-0.3, -0.25) is 9.69 Å². The number of likely N-dealkylation sites (tertiary alicyclic amines) is 1. The summed E-state index contributed by atoms with van der Waals surface area (Å²) in [6.07, 6.45) is 1.47. The minimum atomic E-state index is 0.110. The highest BCUT2D eigenvalue weighted by Gasteiger charge is 2.23. The fourth-order valence-electron chi connectivity index (χ4n) is 3.00. The molecule has 0 aromatic heterocycles. The summed E-state index contributed by atoms with van der Waals surface area (Å²) < 4.78 is 1.04. The highest BCUT2D eigenvalue weighted by Crippen LogP contribution is 2.14. The van der Waals surface area contributed by atoms with Gasteiger partial charge < -0.3 is 5.32 Å². The Morgan fingerprint density at radius 3 is 2.57 bits per heavy atom. The Bertz CT molecular complexity index is 642. The first-order valence-corrected chi connectivity index (χ1v) is 8.78.